The van der Waals surface area contributed by atoms with E-state index in [1.807, 2.05) is 43.3 Å². The fourth-order valence-electron chi connectivity index (χ4n) is 1.80. The number of aliphatic imine (C=N–C) groups is 2. The lowest BCUT2D eigenvalue weighted by Crippen LogP contribution is -2.46. The second kappa shape index (κ2) is 7.03. The molecule has 1 heterocycles. The highest BCUT2D eigenvalue weighted by atomic mass is 35.6. The van der Waals surface area contributed by atoms with Gasteiger partial charge in [-0.2, -0.15) is 0 Å². The third-order valence-corrected chi connectivity index (χ3v) is 4.08. The molecule has 23 heavy (non-hydrogen) atoms. The molecule has 0 amide bonds. The number of amidine groups is 2. The molecule has 1 atom stereocenters. The largest absolute Gasteiger partial charge is 0.378 e. The predicted molar refractivity (Wildman–Crippen MR) is 102 cm³/mol. The molecule has 1 N–H and O–H groups in total. The minimum absolute atomic E-state index is 0.0421. The molecular weight excluding hydrogens is 425 g/mol. The van der Waals surface area contributed by atoms with Crippen LogP contribution >= 0.6 is 69.6 Å². The molecule has 1 aliphatic rings. The summed E-state index contributed by atoms with van der Waals surface area (Å²) in [6, 6.07) is 7.56. The molecule has 0 fully saturated rings. The van der Waals surface area contributed by atoms with E-state index in [0.29, 0.717) is 5.84 Å². The quantitative estimate of drug-likeness (QED) is 0.690. The summed E-state index contributed by atoms with van der Waals surface area (Å²) in [6.45, 7) is 0. The zero-order valence-corrected chi connectivity index (χ0v) is 16.5. The van der Waals surface area contributed by atoms with Crippen LogP contribution in [0.15, 0.2) is 34.3 Å². The van der Waals surface area contributed by atoms with Crippen molar-refractivity contribution < 1.29 is 0 Å². The maximum absolute atomic E-state index is 5.90. The average molecular weight is 437 g/mol. The molecular formula is C13H12Cl6N4. The van der Waals surface area contributed by atoms with Crippen LogP contribution < -0.4 is 10.2 Å². The van der Waals surface area contributed by atoms with Crippen molar-refractivity contribution in [3.63, 3.8) is 0 Å². The highest BCUT2D eigenvalue weighted by Crippen LogP contribution is 2.37. The number of rotatable bonds is 2. The molecule has 4 nitrogen and oxygen atoms in total. The number of halogens is 6. The van der Waals surface area contributed by atoms with Crippen LogP contribution in [-0.2, 0) is 0 Å². The monoisotopic (exact) mass is 434 g/mol. The number of anilines is 1. The molecule has 1 unspecified atom stereocenters. The minimum Gasteiger partial charge on any atom is -0.378 e. The number of nitrogens with one attached hydrogen (secondary N) is 1. The van der Waals surface area contributed by atoms with Gasteiger partial charge in [0.05, 0.1) is 0 Å². The zero-order chi connectivity index (χ0) is 17.4. The van der Waals surface area contributed by atoms with E-state index in [0.717, 1.165) is 11.3 Å². The Labute approximate surface area is 164 Å². The summed E-state index contributed by atoms with van der Waals surface area (Å²) >= 11 is 35.4. The molecule has 0 radical (unpaired) electrons. The Hall–Kier alpha value is -0.100. The maximum Gasteiger partial charge on any atom is 0.247 e. The van der Waals surface area contributed by atoms with Gasteiger partial charge < -0.3 is 10.2 Å². The highest BCUT2D eigenvalue weighted by Gasteiger charge is 2.39. The van der Waals surface area contributed by atoms with E-state index >= 15 is 0 Å². The summed E-state index contributed by atoms with van der Waals surface area (Å²) < 4.78 is -3.56. The molecule has 1 aliphatic heterocycles. The van der Waals surface area contributed by atoms with Crippen LogP contribution in [0.1, 0.15) is 5.56 Å². The molecule has 0 aromatic heterocycles. The Morgan fingerprint density at radius 2 is 1.52 bits per heavy atom. The summed E-state index contributed by atoms with van der Waals surface area (Å²) in [7, 11) is 3.88. The molecule has 0 spiro atoms. The summed E-state index contributed by atoms with van der Waals surface area (Å²) in [5.74, 6) is 0.448. The third kappa shape index (κ3) is 4.94. The van der Waals surface area contributed by atoms with Crippen molar-refractivity contribution in [2.75, 3.05) is 19.0 Å². The lowest BCUT2D eigenvalue weighted by molar-refractivity contribution is 0.710. The van der Waals surface area contributed by atoms with E-state index < -0.39 is 13.8 Å². The van der Waals surface area contributed by atoms with Crippen LogP contribution in [0, 0.1) is 0 Å². The van der Waals surface area contributed by atoms with Gasteiger partial charge in [-0.05, 0) is 24.3 Å². The van der Waals surface area contributed by atoms with Crippen LogP contribution in [0.2, 0.25) is 0 Å². The van der Waals surface area contributed by atoms with Crippen LogP contribution in [0.25, 0.3) is 0 Å². The standard InChI is InChI=1S/C13H12Cl6N4/c1-23(2)8-5-3-7(4-6-8)9-20-10(12(14,15)16)22-11(21-9)13(17,18)19/h3-6,10H,1-2H3,(H,20,21,22). The van der Waals surface area contributed by atoms with Crippen LogP contribution in [0.5, 0.6) is 0 Å². The van der Waals surface area contributed by atoms with Gasteiger partial charge in [-0.15, -0.1) is 0 Å². The lowest BCUT2D eigenvalue weighted by atomic mass is 10.1. The number of nitrogens with zero attached hydrogens (tertiary/aromatic N) is 3. The van der Waals surface area contributed by atoms with Gasteiger partial charge in [-0.1, -0.05) is 69.6 Å². The Morgan fingerprint density at radius 3 is 1.96 bits per heavy atom. The van der Waals surface area contributed by atoms with E-state index in [4.69, 9.17) is 69.6 Å². The Kier molecular flexibility index (Phi) is 5.87. The van der Waals surface area contributed by atoms with E-state index in [2.05, 4.69) is 15.3 Å². The Morgan fingerprint density at radius 1 is 0.957 bits per heavy atom. The van der Waals surface area contributed by atoms with Crippen LogP contribution in [0.3, 0.4) is 0 Å². The first kappa shape index (κ1) is 19.2. The first-order valence-electron chi connectivity index (χ1n) is 6.33. The van der Waals surface area contributed by atoms with Crippen molar-refractivity contribution in [3.8, 4) is 0 Å². The predicted octanol–water partition coefficient (Wildman–Crippen LogP) is 4.57. The second-order valence-electron chi connectivity index (χ2n) is 4.93. The molecule has 0 bridgehead atoms. The highest BCUT2D eigenvalue weighted by molar-refractivity contribution is 6.77. The molecule has 0 saturated heterocycles. The lowest BCUT2D eigenvalue weighted by Gasteiger charge is -2.28. The second-order valence-corrected chi connectivity index (χ2v) is 9.58. The van der Waals surface area contributed by atoms with Gasteiger partial charge in [0.25, 0.3) is 0 Å². The van der Waals surface area contributed by atoms with E-state index in [-0.39, 0.29) is 5.84 Å². The first-order chi connectivity index (χ1) is 10.5. The van der Waals surface area contributed by atoms with E-state index in [1.54, 1.807) is 0 Å². The van der Waals surface area contributed by atoms with Crippen molar-refractivity contribution in [2.24, 2.45) is 9.98 Å². The average Bonchev–Trinajstić information content (AvgIpc) is 2.45. The summed E-state index contributed by atoms with van der Waals surface area (Å²) in [4.78, 5) is 10.3. The van der Waals surface area contributed by atoms with Crippen molar-refractivity contribution in [1.29, 1.82) is 0 Å². The fraction of sp³-hybridized carbons (Fsp3) is 0.385. The zero-order valence-electron chi connectivity index (χ0n) is 12.0. The summed E-state index contributed by atoms with van der Waals surface area (Å²) in [5, 5.41) is 2.88. The van der Waals surface area contributed by atoms with E-state index in [1.165, 1.54) is 0 Å². The van der Waals surface area contributed by atoms with Crippen molar-refractivity contribution in [2.45, 2.75) is 13.8 Å². The van der Waals surface area contributed by atoms with Crippen molar-refractivity contribution in [1.82, 2.24) is 5.32 Å². The summed E-state index contributed by atoms with van der Waals surface area (Å²) in [6.07, 6.45) is -1.03. The number of benzene rings is 1. The number of hydrogen-bond donors (Lipinski definition) is 1. The molecule has 126 valence electrons. The minimum atomic E-state index is -1.79. The molecule has 10 heteroatoms. The fourth-order valence-corrected chi connectivity index (χ4v) is 2.39. The number of hydrogen-bond acceptors (Lipinski definition) is 4. The maximum atomic E-state index is 5.90. The smallest absolute Gasteiger partial charge is 0.247 e. The Balaban J connectivity index is 2.39. The van der Waals surface area contributed by atoms with Gasteiger partial charge in [-0.25, -0.2) is 9.98 Å². The molecule has 1 aromatic carbocycles. The number of alkyl halides is 6. The van der Waals surface area contributed by atoms with Crippen molar-refractivity contribution in [3.05, 3.63) is 29.8 Å². The van der Waals surface area contributed by atoms with Gasteiger partial charge in [0.2, 0.25) is 7.59 Å². The Bertz CT molecular complexity index is 627. The molecule has 2 rings (SSSR count). The topological polar surface area (TPSA) is 40.0 Å². The van der Waals surface area contributed by atoms with Crippen molar-refractivity contribution >= 4 is 87.0 Å². The van der Waals surface area contributed by atoms with Gasteiger partial charge in [-0.3, -0.25) is 0 Å². The molecule has 0 aliphatic carbocycles. The van der Waals surface area contributed by atoms with Gasteiger partial charge in [0.1, 0.15) is 5.84 Å². The SMILES string of the molecule is CN(C)c1ccc(C2=NC(C(Cl)(Cl)Cl)N=C(C(Cl)(Cl)Cl)N2)cc1. The normalized spacial score (nSPS) is 18.9. The van der Waals surface area contributed by atoms with Gasteiger partial charge in [0, 0.05) is 25.3 Å². The molecule has 0 saturated carbocycles. The van der Waals surface area contributed by atoms with Gasteiger partial charge in [0.15, 0.2) is 12.0 Å². The van der Waals surface area contributed by atoms with Crippen LogP contribution in [-0.4, -0.2) is 39.5 Å². The third-order valence-electron chi connectivity index (χ3n) is 2.96. The van der Waals surface area contributed by atoms with Gasteiger partial charge >= 0.3 is 0 Å². The first-order valence-corrected chi connectivity index (χ1v) is 8.59. The van der Waals surface area contributed by atoms with Crippen LogP contribution in [0.4, 0.5) is 5.69 Å². The summed E-state index contributed by atoms with van der Waals surface area (Å²) in [5.41, 5.74) is 1.77. The van der Waals surface area contributed by atoms with E-state index in [9.17, 15) is 0 Å². The molecule has 1 aromatic rings.